The van der Waals surface area contributed by atoms with Gasteiger partial charge in [-0.25, -0.2) is 4.39 Å². The molecule has 21 heavy (non-hydrogen) atoms. The van der Waals surface area contributed by atoms with Crippen LogP contribution in [0.25, 0.3) is 0 Å². The maximum Gasteiger partial charge on any atom is 0.227 e. The number of benzene rings is 2. The van der Waals surface area contributed by atoms with Crippen LogP contribution in [0.15, 0.2) is 48.5 Å². The summed E-state index contributed by atoms with van der Waals surface area (Å²) in [5.74, 6) is 0.372. The summed E-state index contributed by atoms with van der Waals surface area (Å²) in [5, 5.41) is 2.88. The zero-order valence-corrected chi connectivity index (χ0v) is 11.5. The smallest absolute Gasteiger partial charge is 0.227 e. The van der Waals surface area contributed by atoms with E-state index in [1.807, 2.05) is 24.3 Å². The maximum absolute atomic E-state index is 12.8. The molecular formula is C17H16FNO2. The lowest BCUT2D eigenvalue weighted by molar-refractivity contribution is -0.126. The predicted octanol–water partition coefficient (Wildman–Crippen LogP) is 2.69. The van der Waals surface area contributed by atoms with E-state index in [-0.39, 0.29) is 17.6 Å². The summed E-state index contributed by atoms with van der Waals surface area (Å²) in [6, 6.07) is 13.9. The van der Waals surface area contributed by atoms with Gasteiger partial charge in [0.1, 0.15) is 18.2 Å². The van der Waals surface area contributed by atoms with Crippen LogP contribution in [0, 0.1) is 11.7 Å². The Morgan fingerprint density at radius 3 is 2.76 bits per heavy atom. The van der Waals surface area contributed by atoms with E-state index in [2.05, 4.69) is 5.32 Å². The number of fused-ring (bicyclic) bond motifs is 1. The Bertz CT molecular complexity index is 639. The number of carbonyl (C=O) groups is 1. The number of carbonyl (C=O) groups excluding carboxylic acids is 1. The molecule has 3 nitrogen and oxygen atoms in total. The number of ether oxygens (including phenoxy) is 1. The summed E-state index contributed by atoms with van der Waals surface area (Å²) in [6.45, 7) is 0.795. The van der Waals surface area contributed by atoms with E-state index in [1.165, 1.54) is 12.1 Å². The molecule has 1 N–H and O–H groups in total. The fourth-order valence-corrected chi connectivity index (χ4v) is 2.43. The molecule has 0 radical (unpaired) electrons. The second kappa shape index (κ2) is 5.95. The van der Waals surface area contributed by atoms with Crippen LogP contribution in [0.3, 0.4) is 0 Å². The van der Waals surface area contributed by atoms with Crippen LogP contribution >= 0.6 is 0 Å². The van der Waals surface area contributed by atoms with Gasteiger partial charge in [-0.05, 0) is 35.7 Å². The van der Waals surface area contributed by atoms with Crippen molar-refractivity contribution in [3.05, 3.63) is 65.5 Å². The van der Waals surface area contributed by atoms with Crippen LogP contribution < -0.4 is 10.1 Å². The molecule has 0 aromatic heterocycles. The monoisotopic (exact) mass is 285 g/mol. The van der Waals surface area contributed by atoms with Gasteiger partial charge in [-0.15, -0.1) is 0 Å². The van der Waals surface area contributed by atoms with Gasteiger partial charge in [0, 0.05) is 6.54 Å². The Kier molecular flexibility index (Phi) is 3.86. The number of amides is 1. The van der Waals surface area contributed by atoms with E-state index in [9.17, 15) is 9.18 Å². The normalized spacial score (nSPS) is 16.7. The lowest BCUT2D eigenvalue weighted by Crippen LogP contribution is -2.37. The number of halogens is 1. The van der Waals surface area contributed by atoms with E-state index in [4.69, 9.17) is 4.74 Å². The van der Waals surface area contributed by atoms with Crippen molar-refractivity contribution in [1.82, 2.24) is 5.32 Å². The average Bonchev–Trinajstić information content (AvgIpc) is 2.53. The van der Waals surface area contributed by atoms with Gasteiger partial charge in [-0.3, -0.25) is 4.79 Å². The van der Waals surface area contributed by atoms with Crippen molar-refractivity contribution in [3.63, 3.8) is 0 Å². The highest BCUT2D eigenvalue weighted by atomic mass is 19.1. The topological polar surface area (TPSA) is 38.3 Å². The van der Waals surface area contributed by atoms with Crippen molar-refractivity contribution in [2.24, 2.45) is 5.92 Å². The standard InChI is InChI=1S/C17H16FNO2/c18-15-7-5-12(6-8-15)10-19-17(20)14-9-13-3-1-2-4-16(13)21-11-14/h1-8,14H,9-11H2,(H,19,20). The maximum atomic E-state index is 12.8. The van der Waals surface area contributed by atoms with E-state index in [1.54, 1.807) is 12.1 Å². The first-order valence-electron chi connectivity index (χ1n) is 6.95. The lowest BCUT2D eigenvalue weighted by Gasteiger charge is -2.24. The fraction of sp³-hybridized carbons (Fsp3) is 0.235. The van der Waals surface area contributed by atoms with Crippen LogP contribution in [0.1, 0.15) is 11.1 Å². The molecule has 0 bridgehead atoms. The van der Waals surface area contributed by atoms with Gasteiger partial charge in [0.05, 0.1) is 5.92 Å². The van der Waals surface area contributed by atoms with Crippen molar-refractivity contribution >= 4 is 5.91 Å². The Morgan fingerprint density at radius 2 is 1.95 bits per heavy atom. The molecule has 3 rings (SSSR count). The largest absolute Gasteiger partial charge is 0.492 e. The summed E-state index contributed by atoms with van der Waals surface area (Å²) in [4.78, 5) is 12.2. The zero-order chi connectivity index (χ0) is 14.7. The minimum absolute atomic E-state index is 0.0335. The van der Waals surface area contributed by atoms with Crippen molar-refractivity contribution in [3.8, 4) is 5.75 Å². The zero-order valence-electron chi connectivity index (χ0n) is 11.5. The number of rotatable bonds is 3. The number of hydrogen-bond donors (Lipinski definition) is 1. The Balaban J connectivity index is 1.58. The Morgan fingerprint density at radius 1 is 1.19 bits per heavy atom. The highest BCUT2D eigenvalue weighted by Crippen LogP contribution is 2.26. The number of nitrogens with one attached hydrogen (secondary N) is 1. The first-order valence-corrected chi connectivity index (χ1v) is 6.95. The summed E-state index contributed by atoms with van der Waals surface area (Å²) < 4.78 is 18.4. The first-order chi connectivity index (χ1) is 10.2. The third-order valence-corrected chi connectivity index (χ3v) is 3.63. The summed E-state index contributed by atoms with van der Waals surface area (Å²) in [5.41, 5.74) is 1.94. The molecule has 4 heteroatoms. The molecule has 0 aliphatic carbocycles. The van der Waals surface area contributed by atoms with Crippen molar-refractivity contribution in [2.75, 3.05) is 6.61 Å². The number of para-hydroxylation sites is 1. The molecule has 0 fully saturated rings. The molecule has 2 aromatic rings. The third kappa shape index (κ3) is 3.21. The van der Waals surface area contributed by atoms with Gasteiger partial charge in [0.25, 0.3) is 0 Å². The molecular weight excluding hydrogens is 269 g/mol. The van der Waals surface area contributed by atoms with Gasteiger partial charge < -0.3 is 10.1 Å². The van der Waals surface area contributed by atoms with Crippen molar-refractivity contribution in [2.45, 2.75) is 13.0 Å². The molecule has 0 spiro atoms. The van der Waals surface area contributed by atoms with Gasteiger partial charge in [0.2, 0.25) is 5.91 Å². The predicted molar refractivity (Wildman–Crippen MR) is 77.4 cm³/mol. The first kappa shape index (κ1) is 13.6. The van der Waals surface area contributed by atoms with Gasteiger partial charge in [0.15, 0.2) is 0 Å². The molecule has 1 atom stereocenters. The Hall–Kier alpha value is -2.36. The SMILES string of the molecule is O=C(NCc1ccc(F)cc1)C1COc2ccccc2C1. The van der Waals surface area contributed by atoms with E-state index < -0.39 is 0 Å². The van der Waals surface area contributed by atoms with E-state index in [0.29, 0.717) is 19.6 Å². The molecule has 1 heterocycles. The van der Waals surface area contributed by atoms with Crippen LogP contribution in [0.5, 0.6) is 5.75 Å². The summed E-state index contributed by atoms with van der Waals surface area (Å²) >= 11 is 0. The molecule has 108 valence electrons. The lowest BCUT2D eigenvalue weighted by atomic mass is 9.96. The number of hydrogen-bond acceptors (Lipinski definition) is 2. The minimum Gasteiger partial charge on any atom is -0.492 e. The quantitative estimate of drug-likeness (QED) is 0.941. The summed E-state index contributed by atoms with van der Waals surface area (Å²) in [6.07, 6.45) is 0.686. The van der Waals surface area contributed by atoms with Crippen molar-refractivity contribution < 1.29 is 13.9 Å². The van der Waals surface area contributed by atoms with E-state index in [0.717, 1.165) is 16.9 Å². The van der Waals surface area contributed by atoms with E-state index >= 15 is 0 Å². The second-order valence-corrected chi connectivity index (χ2v) is 5.16. The molecule has 1 aliphatic rings. The molecule has 0 saturated heterocycles. The molecule has 1 aliphatic heterocycles. The van der Waals surface area contributed by atoms with Gasteiger partial charge >= 0.3 is 0 Å². The van der Waals surface area contributed by atoms with Gasteiger partial charge in [-0.2, -0.15) is 0 Å². The summed E-state index contributed by atoms with van der Waals surface area (Å²) in [7, 11) is 0. The highest BCUT2D eigenvalue weighted by molar-refractivity contribution is 5.79. The van der Waals surface area contributed by atoms with Crippen molar-refractivity contribution in [1.29, 1.82) is 0 Å². The fourth-order valence-electron chi connectivity index (χ4n) is 2.43. The molecule has 0 saturated carbocycles. The molecule has 1 unspecified atom stereocenters. The van der Waals surface area contributed by atoms with Gasteiger partial charge in [-0.1, -0.05) is 30.3 Å². The highest BCUT2D eigenvalue weighted by Gasteiger charge is 2.25. The molecule has 1 amide bonds. The average molecular weight is 285 g/mol. The van der Waals surface area contributed by atoms with Crippen LogP contribution in [-0.4, -0.2) is 12.5 Å². The van der Waals surface area contributed by atoms with Crippen LogP contribution in [0.4, 0.5) is 4.39 Å². The van der Waals surface area contributed by atoms with Crippen LogP contribution in [-0.2, 0) is 17.8 Å². The third-order valence-electron chi connectivity index (χ3n) is 3.63. The molecule has 2 aromatic carbocycles. The minimum atomic E-state index is -0.276. The van der Waals surface area contributed by atoms with Crippen LogP contribution in [0.2, 0.25) is 0 Å². The second-order valence-electron chi connectivity index (χ2n) is 5.16. The Labute approximate surface area is 122 Å².